The lowest BCUT2D eigenvalue weighted by atomic mass is 10.1. The molecular weight excluding hydrogens is 321 g/mol. The van der Waals surface area contributed by atoms with Crippen LogP contribution in [0.25, 0.3) is 11.4 Å². The van der Waals surface area contributed by atoms with Crippen molar-refractivity contribution in [3.63, 3.8) is 0 Å². The Labute approximate surface area is 115 Å². The van der Waals surface area contributed by atoms with Crippen molar-refractivity contribution in [1.82, 2.24) is 10.1 Å². The van der Waals surface area contributed by atoms with E-state index >= 15 is 0 Å². The van der Waals surface area contributed by atoms with E-state index in [1.807, 2.05) is 0 Å². The van der Waals surface area contributed by atoms with E-state index in [2.05, 4.69) is 26.1 Å². The molecule has 2 aromatic rings. The average Bonchev–Trinajstić information content (AvgIpc) is 2.91. The Morgan fingerprint density at radius 2 is 2.16 bits per heavy atom. The van der Waals surface area contributed by atoms with Gasteiger partial charge in [0.25, 0.3) is 0 Å². The lowest BCUT2D eigenvalue weighted by Crippen LogP contribution is -2.16. The lowest BCUT2D eigenvalue weighted by Gasteiger charge is -2.20. The van der Waals surface area contributed by atoms with Crippen LogP contribution >= 0.6 is 15.9 Å². The first-order valence-corrected chi connectivity index (χ1v) is 6.30. The van der Waals surface area contributed by atoms with E-state index in [9.17, 15) is 4.39 Å². The molecule has 1 aliphatic heterocycles. The molecule has 0 bridgehead atoms. The quantitative estimate of drug-likeness (QED) is 0.905. The third-order valence-electron chi connectivity index (χ3n) is 2.60. The highest BCUT2D eigenvalue weighted by Crippen LogP contribution is 2.43. The topological polar surface area (TPSA) is 83.4 Å². The van der Waals surface area contributed by atoms with Crippen molar-refractivity contribution in [2.75, 3.05) is 13.2 Å². The van der Waals surface area contributed by atoms with Crippen molar-refractivity contribution < 1.29 is 18.4 Å². The number of ether oxygens (including phenoxy) is 2. The Kier molecular flexibility index (Phi) is 3.11. The number of halogens is 2. The van der Waals surface area contributed by atoms with E-state index in [4.69, 9.17) is 19.7 Å². The van der Waals surface area contributed by atoms with Crippen LogP contribution < -0.4 is 15.2 Å². The summed E-state index contributed by atoms with van der Waals surface area (Å²) in [6, 6.07) is 1.49. The van der Waals surface area contributed by atoms with Crippen LogP contribution in [0.15, 0.2) is 15.1 Å². The first-order valence-electron chi connectivity index (χ1n) is 5.51. The molecule has 2 heterocycles. The molecule has 1 aromatic carbocycles. The van der Waals surface area contributed by atoms with Crippen LogP contribution in [0.2, 0.25) is 0 Å². The molecule has 19 heavy (non-hydrogen) atoms. The molecule has 6 nitrogen and oxygen atoms in total. The monoisotopic (exact) mass is 329 g/mol. The predicted octanol–water partition coefficient (Wildman–Crippen LogP) is 1.87. The van der Waals surface area contributed by atoms with Gasteiger partial charge >= 0.3 is 0 Å². The second-order valence-corrected chi connectivity index (χ2v) is 4.59. The van der Waals surface area contributed by atoms with Crippen LogP contribution in [0, 0.1) is 5.82 Å². The molecular formula is C11H9BrFN3O3. The van der Waals surface area contributed by atoms with Crippen molar-refractivity contribution in [2.45, 2.75) is 6.54 Å². The van der Waals surface area contributed by atoms with Gasteiger partial charge < -0.3 is 19.7 Å². The Balaban J connectivity index is 2.13. The molecule has 0 saturated heterocycles. The Morgan fingerprint density at radius 1 is 1.37 bits per heavy atom. The van der Waals surface area contributed by atoms with Gasteiger partial charge in [-0.25, -0.2) is 4.39 Å². The van der Waals surface area contributed by atoms with Crippen molar-refractivity contribution in [3.8, 4) is 22.9 Å². The van der Waals surface area contributed by atoms with E-state index in [1.165, 1.54) is 6.07 Å². The summed E-state index contributed by atoms with van der Waals surface area (Å²) in [5.41, 5.74) is 5.54. The van der Waals surface area contributed by atoms with E-state index in [-0.39, 0.29) is 28.3 Å². The average molecular weight is 330 g/mol. The molecule has 0 radical (unpaired) electrons. The van der Waals surface area contributed by atoms with E-state index in [0.717, 1.165) is 0 Å². The van der Waals surface area contributed by atoms with Gasteiger partial charge in [0.2, 0.25) is 11.7 Å². The van der Waals surface area contributed by atoms with Gasteiger partial charge in [-0.05, 0) is 22.0 Å². The largest absolute Gasteiger partial charge is 0.486 e. The van der Waals surface area contributed by atoms with Crippen LogP contribution in [-0.4, -0.2) is 23.4 Å². The minimum atomic E-state index is -0.534. The molecule has 8 heteroatoms. The number of hydrogen-bond donors (Lipinski definition) is 1. The molecule has 3 rings (SSSR count). The zero-order valence-corrected chi connectivity index (χ0v) is 11.2. The third-order valence-corrected chi connectivity index (χ3v) is 3.31. The van der Waals surface area contributed by atoms with Crippen LogP contribution in [0.3, 0.4) is 0 Å². The molecule has 0 aliphatic carbocycles. The summed E-state index contributed by atoms with van der Waals surface area (Å²) in [6.45, 7) is 0.884. The summed E-state index contributed by atoms with van der Waals surface area (Å²) in [4.78, 5) is 3.99. The fourth-order valence-electron chi connectivity index (χ4n) is 1.73. The van der Waals surface area contributed by atoms with Gasteiger partial charge in [-0.2, -0.15) is 4.98 Å². The zero-order valence-electron chi connectivity index (χ0n) is 9.65. The van der Waals surface area contributed by atoms with Gasteiger partial charge in [0.1, 0.15) is 13.2 Å². The standard InChI is InChI=1S/C11H9BrFN3O3/c12-8-9(13)5(11-15-7(4-14)19-16-11)3-6-10(8)18-2-1-17-6/h3H,1-2,4,14H2. The first kappa shape index (κ1) is 12.4. The molecule has 0 saturated carbocycles. The van der Waals surface area contributed by atoms with Crippen molar-refractivity contribution in [1.29, 1.82) is 0 Å². The Morgan fingerprint density at radius 3 is 2.89 bits per heavy atom. The summed E-state index contributed by atoms with van der Waals surface area (Å²) < 4.78 is 30.1. The maximum atomic E-state index is 14.3. The third kappa shape index (κ3) is 2.06. The van der Waals surface area contributed by atoms with Gasteiger partial charge in [-0.3, -0.25) is 0 Å². The molecule has 0 atom stereocenters. The molecule has 100 valence electrons. The molecule has 0 spiro atoms. The van der Waals surface area contributed by atoms with Crippen LogP contribution in [-0.2, 0) is 6.54 Å². The summed E-state index contributed by atoms with van der Waals surface area (Å²) in [5, 5.41) is 3.68. The van der Waals surface area contributed by atoms with Gasteiger partial charge in [-0.1, -0.05) is 5.16 Å². The highest BCUT2D eigenvalue weighted by atomic mass is 79.9. The summed E-state index contributed by atoms with van der Waals surface area (Å²) >= 11 is 3.15. The number of rotatable bonds is 2. The van der Waals surface area contributed by atoms with E-state index in [0.29, 0.717) is 24.7 Å². The van der Waals surface area contributed by atoms with Gasteiger partial charge in [-0.15, -0.1) is 0 Å². The number of nitrogens with two attached hydrogens (primary N) is 1. The van der Waals surface area contributed by atoms with Gasteiger partial charge in [0.05, 0.1) is 16.6 Å². The van der Waals surface area contributed by atoms with E-state index < -0.39 is 5.82 Å². The van der Waals surface area contributed by atoms with Crippen LogP contribution in [0.1, 0.15) is 5.89 Å². The van der Waals surface area contributed by atoms with Crippen molar-refractivity contribution in [3.05, 3.63) is 22.2 Å². The summed E-state index contributed by atoms with van der Waals surface area (Å²) in [5.74, 6) is 0.605. The predicted molar refractivity (Wildman–Crippen MR) is 66.3 cm³/mol. The van der Waals surface area contributed by atoms with Gasteiger partial charge in [0.15, 0.2) is 17.3 Å². The van der Waals surface area contributed by atoms with Crippen LogP contribution in [0.5, 0.6) is 11.5 Å². The minimum absolute atomic E-state index is 0.0976. The number of nitrogens with zero attached hydrogens (tertiary/aromatic N) is 2. The smallest absolute Gasteiger partial charge is 0.240 e. The SMILES string of the molecule is NCc1nc(-c2cc3c(c(Br)c2F)OCCO3)no1. The fourth-order valence-corrected chi connectivity index (χ4v) is 2.26. The highest BCUT2D eigenvalue weighted by molar-refractivity contribution is 9.10. The molecule has 1 aromatic heterocycles. The fraction of sp³-hybridized carbons (Fsp3) is 0.273. The number of fused-ring (bicyclic) bond motifs is 1. The molecule has 2 N–H and O–H groups in total. The molecule has 1 aliphatic rings. The molecule has 0 amide bonds. The number of benzene rings is 1. The normalized spacial score (nSPS) is 13.6. The molecule has 0 fully saturated rings. The summed E-state index contributed by atoms with van der Waals surface area (Å²) in [6.07, 6.45) is 0. The lowest BCUT2D eigenvalue weighted by molar-refractivity contribution is 0.169. The van der Waals surface area contributed by atoms with E-state index in [1.54, 1.807) is 0 Å². The summed E-state index contributed by atoms with van der Waals surface area (Å²) in [7, 11) is 0. The Bertz CT molecular complexity index is 632. The maximum Gasteiger partial charge on any atom is 0.240 e. The number of aromatic nitrogens is 2. The zero-order chi connectivity index (χ0) is 13.4. The second kappa shape index (κ2) is 4.78. The number of hydrogen-bond acceptors (Lipinski definition) is 6. The van der Waals surface area contributed by atoms with Crippen molar-refractivity contribution in [2.24, 2.45) is 5.73 Å². The van der Waals surface area contributed by atoms with Crippen LogP contribution in [0.4, 0.5) is 4.39 Å². The maximum absolute atomic E-state index is 14.3. The molecule has 0 unspecified atom stereocenters. The van der Waals surface area contributed by atoms with Crippen molar-refractivity contribution >= 4 is 15.9 Å². The Hall–Kier alpha value is -1.67. The second-order valence-electron chi connectivity index (χ2n) is 3.79. The minimum Gasteiger partial charge on any atom is -0.486 e. The van der Waals surface area contributed by atoms with Gasteiger partial charge in [0, 0.05) is 0 Å². The first-order chi connectivity index (χ1) is 9.20. The highest BCUT2D eigenvalue weighted by Gasteiger charge is 2.24.